The number of piperidine rings is 1. The molecule has 0 saturated carbocycles. The van der Waals surface area contributed by atoms with E-state index in [-0.39, 0.29) is 0 Å². The van der Waals surface area contributed by atoms with E-state index in [9.17, 15) is 5.11 Å². The third-order valence-electron chi connectivity index (χ3n) is 4.91. The number of phenols is 1. The number of hydrogen-bond donors (Lipinski definition) is 2. The topological polar surface area (TPSA) is 32.3 Å². The van der Waals surface area contributed by atoms with Gasteiger partial charge in [0.25, 0.3) is 0 Å². The molecule has 0 aromatic heterocycles. The Kier molecular flexibility index (Phi) is 3.16. The molecule has 1 heterocycles. The van der Waals surface area contributed by atoms with Crippen LogP contribution in [0.1, 0.15) is 41.5 Å². The van der Waals surface area contributed by atoms with Gasteiger partial charge in [0.2, 0.25) is 0 Å². The molecule has 4 rings (SSSR count). The lowest BCUT2D eigenvalue weighted by Crippen LogP contribution is -2.32. The number of benzene rings is 2. The van der Waals surface area contributed by atoms with E-state index < -0.39 is 0 Å². The van der Waals surface area contributed by atoms with Crippen LogP contribution in [0.3, 0.4) is 0 Å². The molecule has 0 amide bonds. The molecule has 2 nitrogen and oxygen atoms in total. The summed E-state index contributed by atoms with van der Waals surface area (Å²) in [6, 6.07) is 14.4. The summed E-state index contributed by atoms with van der Waals surface area (Å²) in [5, 5.41) is 14.0. The fourth-order valence-electron chi connectivity index (χ4n) is 4.05. The van der Waals surface area contributed by atoms with Crippen molar-refractivity contribution in [3.63, 3.8) is 0 Å². The van der Waals surface area contributed by atoms with Crippen LogP contribution in [0.5, 0.6) is 5.75 Å². The second-order valence-electron chi connectivity index (χ2n) is 6.08. The van der Waals surface area contributed by atoms with E-state index in [1.165, 1.54) is 29.5 Å². The van der Waals surface area contributed by atoms with Gasteiger partial charge in [0.1, 0.15) is 5.75 Å². The smallest absolute Gasteiger partial charge is 0.115 e. The molecule has 1 fully saturated rings. The first-order valence-corrected chi connectivity index (χ1v) is 7.93. The van der Waals surface area contributed by atoms with Gasteiger partial charge < -0.3 is 10.4 Å². The van der Waals surface area contributed by atoms with Gasteiger partial charge in [-0.2, -0.15) is 0 Å². The lowest BCUT2D eigenvalue weighted by atomic mass is 9.80. The average Bonchev–Trinajstić information content (AvgIpc) is 2.82. The van der Waals surface area contributed by atoms with Crippen LogP contribution >= 0.6 is 11.6 Å². The molecular formula is C18H18ClNO. The van der Waals surface area contributed by atoms with Crippen molar-refractivity contribution >= 4 is 11.6 Å². The van der Waals surface area contributed by atoms with Gasteiger partial charge in [0, 0.05) is 17.0 Å². The van der Waals surface area contributed by atoms with Crippen molar-refractivity contribution in [3.8, 4) is 5.75 Å². The third-order valence-corrected chi connectivity index (χ3v) is 5.14. The summed E-state index contributed by atoms with van der Waals surface area (Å²) < 4.78 is 0. The fraction of sp³-hybridized carbons (Fsp3) is 0.333. The lowest BCUT2D eigenvalue weighted by Gasteiger charge is -2.31. The van der Waals surface area contributed by atoms with Crippen LogP contribution in [0.4, 0.5) is 0 Å². The second kappa shape index (κ2) is 5.04. The summed E-state index contributed by atoms with van der Waals surface area (Å²) in [5.41, 5.74) is 4.02. The quantitative estimate of drug-likeness (QED) is 0.826. The Morgan fingerprint density at radius 1 is 1.05 bits per heavy atom. The summed E-state index contributed by atoms with van der Waals surface area (Å²) in [7, 11) is 0. The predicted molar refractivity (Wildman–Crippen MR) is 84.9 cm³/mol. The summed E-state index contributed by atoms with van der Waals surface area (Å²) in [5.74, 6) is 1.30. The first-order valence-electron chi connectivity index (χ1n) is 7.56. The monoisotopic (exact) mass is 299 g/mol. The van der Waals surface area contributed by atoms with Crippen LogP contribution in [0.2, 0.25) is 5.02 Å². The molecule has 0 spiro atoms. The molecule has 2 N–H and O–H groups in total. The second-order valence-corrected chi connectivity index (χ2v) is 6.52. The van der Waals surface area contributed by atoms with Gasteiger partial charge in [0.15, 0.2) is 0 Å². The van der Waals surface area contributed by atoms with Crippen LogP contribution < -0.4 is 5.32 Å². The van der Waals surface area contributed by atoms with Crippen molar-refractivity contribution in [1.82, 2.24) is 5.32 Å². The van der Waals surface area contributed by atoms with Crippen LogP contribution in [0.25, 0.3) is 0 Å². The Balaban J connectivity index is 1.84. The number of phenolic OH excluding ortho intramolecular Hbond substituents is 1. The summed E-state index contributed by atoms with van der Waals surface area (Å²) in [6.07, 6.45) is 2.45. The van der Waals surface area contributed by atoms with Crippen molar-refractivity contribution < 1.29 is 5.11 Å². The maximum absolute atomic E-state index is 9.53. The zero-order chi connectivity index (χ0) is 14.4. The zero-order valence-corrected chi connectivity index (χ0v) is 12.5. The average molecular weight is 300 g/mol. The molecule has 108 valence electrons. The molecule has 3 heteroatoms. The van der Waals surface area contributed by atoms with E-state index in [0.29, 0.717) is 23.6 Å². The van der Waals surface area contributed by atoms with E-state index in [2.05, 4.69) is 29.6 Å². The van der Waals surface area contributed by atoms with Crippen LogP contribution in [-0.4, -0.2) is 11.7 Å². The summed E-state index contributed by atoms with van der Waals surface area (Å²) >= 11 is 6.21. The summed E-state index contributed by atoms with van der Waals surface area (Å²) in [4.78, 5) is 0. The molecule has 3 unspecified atom stereocenters. The van der Waals surface area contributed by atoms with Gasteiger partial charge in [-0.05, 0) is 66.3 Å². The number of hydrogen-bond acceptors (Lipinski definition) is 2. The first-order chi connectivity index (χ1) is 10.2. The highest BCUT2D eigenvalue weighted by atomic mass is 35.5. The van der Waals surface area contributed by atoms with Crippen LogP contribution in [0.15, 0.2) is 42.5 Å². The molecule has 2 aliphatic rings. The molecule has 1 aliphatic carbocycles. The Morgan fingerprint density at radius 3 is 2.67 bits per heavy atom. The number of nitrogens with one attached hydrogen (secondary N) is 1. The molecule has 1 saturated heterocycles. The van der Waals surface area contributed by atoms with E-state index in [1.54, 1.807) is 12.1 Å². The van der Waals surface area contributed by atoms with Crippen molar-refractivity contribution in [2.24, 2.45) is 5.92 Å². The van der Waals surface area contributed by atoms with Gasteiger partial charge in [-0.25, -0.2) is 0 Å². The number of halogens is 1. The minimum Gasteiger partial charge on any atom is -0.508 e. The van der Waals surface area contributed by atoms with Crippen molar-refractivity contribution in [3.05, 3.63) is 64.2 Å². The Morgan fingerprint density at radius 2 is 1.86 bits per heavy atom. The number of aromatic hydroxyl groups is 1. The molecule has 2 aromatic carbocycles. The Labute approximate surface area is 129 Å². The van der Waals surface area contributed by atoms with E-state index >= 15 is 0 Å². The van der Waals surface area contributed by atoms with Gasteiger partial charge in [0.05, 0.1) is 0 Å². The van der Waals surface area contributed by atoms with E-state index in [4.69, 9.17) is 11.6 Å². The van der Waals surface area contributed by atoms with E-state index in [0.717, 1.165) is 11.6 Å². The Hall–Kier alpha value is -1.51. The minimum absolute atomic E-state index is 0.325. The largest absolute Gasteiger partial charge is 0.508 e. The van der Waals surface area contributed by atoms with Gasteiger partial charge >= 0.3 is 0 Å². The molecule has 1 aliphatic heterocycles. The highest BCUT2D eigenvalue weighted by Gasteiger charge is 2.42. The van der Waals surface area contributed by atoms with Crippen LogP contribution in [-0.2, 0) is 0 Å². The predicted octanol–water partition coefficient (Wildman–Crippen LogP) is 4.23. The normalized spacial score (nSPS) is 27.2. The zero-order valence-electron chi connectivity index (χ0n) is 11.7. The van der Waals surface area contributed by atoms with Gasteiger partial charge in [-0.15, -0.1) is 0 Å². The molecule has 2 aromatic rings. The van der Waals surface area contributed by atoms with Gasteiger partial charge in [-0.1, -0.05) is 29.8 Å². The third kappa shape index (κ3) is 2.14. The fourth-order valence-corrected chi connectivity index (χ4v) is 4.23. The van der Waals surface area contributed by atoms with Crippen molar-refractivity contribution in [2.45, 2.75) is 24.8 Å². The number of rotatable bonds is 1. The lowest BCUT2D eigenvalue weighted by molar-refractivity contribution is 0.287. The highest BCUT2D eigenvalue weighted by molar-refractivity contribution is 6.30. The summed E-state index contributed by atoms with van der Waals surface area (Å²) in [6.45, 7) is 1.08. The maximum atomic E-state index is 9.53. The minimum atomic E-state index is 0.325. The molecule has 3 atom stereocenters. The highest BCUT2D eigenvalue weighted by Crippen LogP contribution is 2.52. The molecular weight excluding hydrogens is 282 g/mol. The molecule has 21 heavy (non-hydrogen) atoms. The van der Waals surface area contributed by atoms with Crippen molar-refractivity contribution in [1.29, 1.82) is 0 Å². The number of fused-ring (bicyclic) bond motifs is 3. The van der Waals surface area contributed by atoms with Crippen molar-refractivity contribution in [2.75, 3.05) is 6.54 Å². The molecule has 0 bridgehead atoms. The standard InChI is InChI=1S/C18H18ClNO/c19-12-5-8-14-16(10-12)18-15(2-1-9-20-18)17(14)11-3-6-13(21)7-4-11/h3-8,10,15,17-18,20-21H,1-2,9H2. The van der Waals surface area contributed by atoms with E-state index in [1.807, 2.05) is 6.07 Å². The first kappa shape index (κ1) is 13.2. The SMILES string of the molecule is Oc1ccc(C2c3ccc(Cl)cc3C3NCCCC32)cc1. The Bertz CT molecular complexity index is 667. The van der Waals surface area contributed by atoms with Crippen LogP contribution in [0, 0.1) is 5.92 Å². The molecule has 0 radical (unpaired) electrons. The maximum Gasteiger partial charge on any atom is 0.115 e. The van der Waals surface area contributed by atoms with Gasteiger partial charge in [-0.3, -0.25) is 0 Å².